The van der Waals surface area contributed by atoms with Gasteiger partial charge in [-0.05, 0) is 97.8 Å². The zero-order valence-corrected chi connectivity index (χ0v) is 37.2. The molecule has 3 saturated heterocycles. The quantitative estimate of drug-likeness (QED) is 0.131. The Hall–Kier alpha value is -6.61. The van der Waals surface area contributed by atoms with Crippen LogP contribution in [0.4, 0.5) is 10.5 Å². The summed E-state index contributed by atoms with van der Waals surface area (Å²) in [5.74, 6) is 0.514. The summed E-state index contributed by atoms with van der Waals surface area (Å²) in [4.78, 5) is 63.2. The number of H-pyrrole nitrogens is 1. The highest BCUT2D eigenvalue weighted by molar-refractivity contribution is 5.97. The molecule has 4 aliphatic rings. The predicted octanol–water partition coefficient (Wildman–Crippen LogP) is 7.10. The molecule has 15 nitrogen and oxygen atoms in total. The molecule has 0 bridgehead atoms. The molecule has 9 rings (SSSR count). The van der Waals surface area contributed by atoms with Gasteiger partial charge in [-0.15, -0.1) is 0 Å². The van der Waals surface area contributed by atoms with Crippen molar-refractivity contribution in [2.45, 2.75) is 71.8 Å². The lowest BCUT2D eigenvalue weighted by Gasteiger charge is -2.37. The van der Waals surface area contributed by atoms with E-state index in [-0.39, 0.29) is 23.2 Å². The van der Waals surface area contributed by atoms with Crippen molar-refractivity contribution >= 4 is 34.6 Å². The number of aryl methyl sites for hydroxylation is 1. The number of anilines is 1. The Kier molecular flexibility index (Phi) is 12.2. The van der Waals surface area contributed by atoms with Crippen molar-refractivity contribution in [3.8, 4) is 22.5 Å². The monoisotopic (exact) mass is 863 g/mol. The summed E-state index contributed by atoms with van der Waals surface area (Å²) in [5, 5.41) is 10.2. The summed E-state index contributed by atoms with van der Waals surface area (Å²) >= 11 is 0. The Balaban J connectivity index is 0.772. The van der Waals surface area contributed by atoms with Crippen LogP contribution in [-0.2, 0) is 16.8 Å². The first-order chi connectivity index (χ1) is 30.9. The van der Waals surface area contributed by atoms with E-state index in [2.05, 4.69) is 94.0 Å². The highest BCUT2D eigenvalue weighted by Crippen LogP contribution is 2.32. The number of carbonyl (C=O) groups is 3. The number of urea groups is 1. The second-order valence-corrected chi connectivity index (χ2v) is 18.4. The predicted molar refractivity (Wildman–Crippen MR) is 246 cm³/mol. The number of aromatic nitrogens is 5. The van der Waals surface area contributed by atoms with E-state index in [1.165, 1.54) is 24.2 Å². The molecule has 2 aromatic carbocycles. The second kappa shape index (κ2) is 18.2. The number of amides is 4. The zero-order chi connectivity index (χ0) is 44.4. The molecule has 5 aromatic rings. The molecule has 3 aliphatic heterocycles. The number of likely N-dealkylation sites (tertiary alicyclic amines) is 1. The molecule has 3 fully saturated rings. The summed E-state index contributed by atoms with van der Waals surface area (Å²) in [6.07, 6.45) is 14.5. The number of fused-ring (bicyclic) bond motifs is 1. The summed E-state index contributed by atoms with van der Waals surface area (Å²) in [6, 6.07) is 16.8. The van der Waals surface area contributed by atoms with E-state index in [1.54, 1.807) is 11.2 Å². The fraction of sp³-hybridized carbons (Fsp3) is 0.408. The van der Waals surface area contributed by atoms with Gasteiger partial charge < -0.3 is 29.5 Å². The number of piperidine rings is 1. The van der Waals surface area contributed by atoms with E-state index >= 15 is 0 Å². The number of nitrogens with one attached hydrogen (secondary N) is 3. The van der Waals surface area contributed by atoms with Gasteiger partial charge in [-0.3, -0.25) is 19.8 Å². The van der Waals surface area contributed by atoms with E-state index in [0.717, 1.165) is 109 Å². The molecule has 332 valence electrons. The Labute approximate surface area is 373 Å². The fourth-order valence-electron chi connectivity index (χ4n) is 9.10. The Morgan fingerprint density at radius 2 is 1.72 bits per heavy atom. The van der Waals surface area contributed by atoms with Gasteiger partial charge in [0, 0.05) is 104 Å². The van der Waals surface area contributed by atoms with Crippen LogP contribution in [0.3, 0.4) is 0 Å². The van der Waals surface area contributed by atoms with Gasteiger partial charge in [-0.1, -0.05) is 56.3 Å². The number of hydrogen-bond acceptors (Lipinski definition) is 11. The van der Waals surface area contributed by atoms with Crippen LogP contribution in [-0.4, -0.2) is 110 Å². The number of imide groups is 1. The Morgan fingerprint density at radius 1 is 0.906 bits per heavy atom. The van der Waals surface area contributed by atoms with Gasteiger partial charge in [-0.25, -0.2) is 14.8 Å². The molecule has 3 aromatic heterocycles. The molecule has 3 N–H and O–H groups in total. The first-order valence-corrected chi connectivity index (χ1v) is 22.5. The van der Waals surface area contributed by atoms with Gasteiger partial charge in [0.15, 0.2) is 5.82 Å². The lowest BCUT2D eigenvalue weighted by molar-refractivity contribution is -0.121. The molecule has 1 aliphatic carbocycles. The molecule has 6 heterocycles. The third-order valence-corrected chi connectivity index (χ3v) is 12.9. The normalized spacial score (nSPS) is 18.2. The minimum Gasteiger partial charge on any atom is -0.375 e. The van der Waals surface area contributed by atoms with E-state index in [0.29, 0.717) is 31.3 Å². The minimum atomic E-state index is -0.403. The number of nitrogens with zero attached hydrogens (tertiary/aromatic N) is 8. The van der Waals surface area contributed by atoms with E-state index in [1.807, 2.05) is 52.0 Å². The van der Waals surface area contributed by atoms with Gasteiger partial charge in [-0.2, -0.15) is 4.98 Å². The fourth-order valence-corrected chi connectivity index (χ4v) is 9.10. The Bertz CT molecular complexity index is 2630. The van der Waals surface area contributed by atoms with Crippen LogP contribution in [0.15, 0.2) is 95.1 Å². The SMILES string of the molecule is Cc1cc(-c2ncnc3[nH]c(-c4ccc(N5CCCN(CC6CCN(C7=CC=C(N8CCC(=O)NC8=O)C=CC7)CC6)CC5)cc4)cc23)ccc1CNC(=O)c1nc(C(C)(C)C)no1. The van der Waals surface area contributed by atoms with Crippen molar-refractivity contribution in [3.63, 3.8) is 0 Å². The van der Waals surface area contributed by atoms with Crippen LogP contribution in [0, 0.1) is 12.8 Å². The third-order valence-electron chi connectivity index (χ3n) is 12.9. The van der Waals surface area contributed by atoms with Crippen LogP contribution in [0.5, 0.6) is 0 Å². The van der Waals surface area contributed by atoms with Crippen molar-refractivity contribution in [1.82, 2.24) is 50.4 Å². The van der Waals surface area contributed by atoms with Crippen LogP contribution >= 0.6 is 0 Å². The average molecular weight is 864 g/mol. The first kappa shape index (κ1) is 42.7. The molecule has 64 heavy (non-hydrogen) atoms. The molecule has 15 heteroatoms. The molecule has 0 saturated carbocycles. The maximum Gasteiger partial charge on any atom is 0.328 e. The summed E-state index contributed by atoms with van der Waals surface area (Å²) in [6.45, 7) is 16.1. The van der Waals surface area contributed by atoms with Crippen LogP contribution in [0.2, 0.25) is 0 Å². The van der Waals surface area contributed by atoms with Gasteiger partial charge in [0.2, 0.25) is 5.91 Å². The Morgan fingerprint density at radius 3 is 2.48 bits per heavy atom. The van der Waals surface area contributed by atoms with Crippen molar-refractivity contribution in [3.05, 3.63) is 113 Å². The number of carbonyl (C=O) groups excluding carboxylic acids is 3. The topological polar surface area (TPSA) is 169 Å². The molecule has 0 unspecified atom stereocenters. The molecule has 4 amide bonds. The number of aromatic amines is 1. The summed E-state index contributed by atoms with van der Waals surface area (Å²) in [5.41, 5.74) is 9.72. The maximum absolute atomic E-state index is 12.8. The van der Waals surface area contributed by atoms with Crippen LogP contribution in [0.1, 0.15) is 80.5 Å². The van der Waals surface area contributed by atoms with Crippen LogP contribution < -0.4 is 15.5 Å². The lowest BCUT2D eigenvalue weighted by Crippen LogP contribution is -2.48. The van der Waals surface area contributed by atoms with E-state index in [4.69, 9.17) is 9.51 Å². The number of hydrogen-bond donors (Lipinski definition) is 3. The maximum atomic E-state index is 12.8. The molecule has 0 spiro atoms. The zero-order valence-electron chi connectivity index (χ0n) is 37.2. The number of rotatable bonds is 10. The standard InChI is InChI=1S/C49H57N11O4/c1-32-27-35(9-10-36(32)29-50-45(62)46-55-47(56-64-46)49(2,3)4)43-40-28-41(53-44(40)52-31-51-43)34-11-13-38(14-12-34)58-21-6-20-57(25-26-58)30-33-17-22-59(23-18-33)37-7-5-8-39(16-15-37)60-24-19-42(61)54-48(60)63/h5,8-16,27-28,31,33H,6-7,17-26,29-30H2,1-4H3,(H,50,62)(H,51,52,53)(H,54,61,63). The van der Waals surface area contributed by atoms with Gasteiger partial charge in [0.1, 0.15) is 12.0 Å². The molecular weight excluding hydrogens is 807 g/mol. The molecule has 0 atom stereocenters. The molecule has 0 radical (unpaired) electrons. The lowest BCUT2D eigenvalue weighted by atomic mass is 9.95. The summed E-state index contributed by atoms with van der Waals surface area (Å²) in [7, 11) is 0. The van der Waals surface area contributed by atoms with Crippen molar-refractivity contribution in [2.75, 3.05) is 57.3 Å². The largest absolute Gasteiger partial charge is 0.375 e. The van der Waals surface area contributed by atoms with Gasteiger partial charge >= 0.3 is 17.8 Å². The number of allylic oxidation sites excluding steroid dienone is 4. The first-order valence-electron chi connectivity index (χ1n) is 22.5. The average Bonchev–Trinajstić information content (AvgIpc) is 3.83. The number of benzene rings is 2. The molecular formula is C49H57N11O4. The summed E-state index contributed by atoms with van der Waals surface area (Å²) < 4.78 is 5.21. The van der Waals surface area contributed by atoms with Crippen molar-refractivity contribution in [1.29, 1.82) is 0 Å². The van der Waals surface area contributed by atoms with Crippen molar-refractivity contribution < 1.29 is 18.9 Å². The smallest absolute Gasteiger partial charge is 0.328 e. The highest BCUT2D eigenvalue weighted by Gasteiger charge is 2.28. The second-order valence-electron chi connectivity index (χ2n) is 18.4. The minimum absolute atomic E-state index is 0.0418. The van der Waals surface area contributed by atoms with Gasteiger partial charge in [0.25, 0.3) is 0 Å². The highest BCUT2D eigenvalue weighted by atomic mass is 16.5. The third kappa shape index (κ3) is 9.49. The van der Waals surface area contributed by atoms with E-state index < -0.39 is 5.91 Å². The van der Waals surface area contributed by atoms with E-state index in [9.17, 15) is 14.4 Å². The van der Waals surface area contributed by atoms with Gasteiger partial charge in [0.05, 0.1) is 5.69 Å². The van der Waals surface area contributed by atoms with Crippen LogP contribution in [0.25, 0.3) is 33.5 Å². The van der Waals surface area contributed by atoms with Crippen molar-refractivity contribution in [2.24, 2.45) is 5.92 Å².